The number of nitriles is 1. The van der Waals surface area contributed by atoms with Crippen molar-refractivity contribution in [3.8, 4) is 6.07 Å². The van der Waals surface area contributed by atoms with Gasteiger partial charge >= 0.3 is 0 Å². The molecule has 0 saturated carbocycles. The van der Waals surface area contributed by atoms with Gasteiger partial charge in [-0.25, -0.2) is 4.39 Å². The molecule has 0 aliphatic carbocycles. The Morgan fingerprint density at radius 2 is 2.50 bits per heavy atom. The fourth-order valence-electron chi connectivity index (χ4n) is 0.586. The average molecular weight is 156 g/mol. The van der Waals surface area contributed by atoms with Crippen LogP contribution < -0.4 is 5.73 Å². The third-order valence-electron chi connectivity index (χ3n) is 1.07. The van der Waals surface area contributed by atoms with E-state index in [9.17, 15) is 4.39 Å². The Labute approximate surface area is 61.7 Å². The summed E-state index contributed by atoms with van der Waals surface area (Å²) in [7, 11) is 0. The molecule has 2 nitrogen and oxygen atoms in total. The summed E-state index contributed by atoms with van der Waals surface area (Å²) in [4.78, 5) is 0.308. The highest BCUT2D eigenvalue weighted by Gasteiger charge is 2.10. The molecule has 0 amide bonds. The van der Waals surface area contributed by atoms with Crippen molar-refractivity contribution >= 4 is 11.3 Å². The summed E-state index contributed by atoms with van der Waals surface area (Å²) < 4.78 is 12.6. The lowest BCUT2D eigenvalue weighted by Crippen LogP contribution is -2.06. The first-order valence-corrected chi connectivity index (χ1v) is 3.51. The first kappa shape index (κ1) is 7.19. The van der Waals surface area contributed by atoms with Crippen LogP contribution in [0.25, 0.3) is 0 Å². The van der Waals surface area contributed by atoms with E-state index in [1.54, 1.807) is 11.4 Å². The fraction of sp³-hybridized carbons (Fsp3) is 0.167. The van der Waals surface area contributed by atoms with Gasteiger partial charge in [0.15, 0.2) is 0 Å². The molecular weight excluding hydrogens is 151 g/mol. The SMILES string of the molecule is N#CC(N)c1sccc1F. The number of halogens is 1. The molecule has 0 aromatic carbocycles. The molecule has 0 fully saturated rings. The van der Waals surface area contributed by atoms with Crippen LogP contribution >= 0.6 is 11.3 Å². The number of hydrogen-bond donors (Lipinski definition) is 1. The van der Waals surface area contributed by atoms with Crippen LogP contribution in [0.1, 0.15) is 10.9 Å². The predicted molar refractivity (Wildman–Crippen MR) is 36.8 cm³/mol. The van der Waals surface area contributed by atoms with Crippen molar-refractivity contribution in [1.29, 1.82) is 5.26 Å². The highest BCUT2D eigenvalue weighted by Crippen LogP contribution is 2.20. The topological polar surface area (TPSA) is 49.8 Å². The molecule has 52 valence electrons. The first-order chi connectivity index (χ1) is 4.75. The Morgan fingerprint density at radius 3 is 2.90 bits per heavy atom. The Bertz CT molecular complexity index is 263. The highest BCUT2D eigenvalue weighted by atomic mass is 32.1. The molecule has 1 aromatic heterocycles. The molecular formula is C6H5FN2S. The van der Waals surface area contributed by atoms with Gasteiger partial charge in [-0.3, -0.25) is 0 Å². The van der Waals surface area contributed by atoms with E-state index in [1.165, 1.54) is 6.07 Å². The Hall–Kier alpha value is -0.920. The van der Waals surface area contributed by atoms with Crippen molar-refractivity contribution in [2.45, 2.75) is 6.04 Å². The van der Waals surface area contributed by atoms with Gasteiger partial charge in [-0.15, -0.1) is 11.3 Å². The van der Waals surface area contributed by atoms with E-state index in [0.29, 0.717) is 4.88 Å². The number of thiophene rings is 1. The van der Waals surface area contributed by atoms with Crippen molar-refractivity contribution in [2.75, 3.05) is 0 Å². The molecule has 10 heavy (non-hydrogen) atoms. The molecule has 0 aliphatic rings. The molecule has 1 heterocycles. The van der Waals surface area contributed by atoms with Crippen molar-refractivity contribution < 1.29 is 4.39 Å². The lowest BCUT2D eigenvalue weighted by atomic mass is 10.3. The zero-order valence-corrected chi connectivity index (χ0v) is 5.86. The average Bonchev–Trinajstić information content (AvgIpc) is 2.34. The zero-order chi connectivity index (χ0) is 7.56. The van der Waals surface area contributed by atoms with Crippen LogP contribution in [0.15, 0.2) is 11.4 Å². The minimum atomic E-state index is -0.819. The normalized spacial score (nSPS) is 12.5. The lowest BCUT2D eigenvalue weighted by molar-refractivity contribution is 0.613. The van der Waals surface area contributed by atoms with Gasteiger partial charge in [0.1, 0.15) is 11.9 Å². The van der Waals surface area contributed by atoms with Crippen molar-refractivity contribution in [3.05, 3.63) is 22.1 Å². The number of nitrogens with zero attached hydrogens (tertiary/aromatic N) is 1. The van der Waals surface area contributed by atoms with E-state index in [2.05, 4.69) is 0 Å². The Kier molecular flexibility index (Phi) is 2.00. The maximum Gasteiger partial charge on any atom is 0.139 e. The molecule has 0 spiro atoms. The molecule has 0 aliphatic heterocycles. The number of hydrogen-bond acceptors (Lipinski definition) is 3. The highest BCUT2D eigenvalue weighted by molar-refractivity contribution is 7.10. The van der Waals surface area contributed by atoms with Gasteiger partial charge in [0.25, 0.3) is 0 Å². The van der Waals surface area contributed by atoms with Gasteiger partial charge in [0, 0.05) is 0 Å². The maximum atomic E-state index is 12.6. The van der Waals surface area contributed by atoms with Crippen LogP contribution in [-0.2, 0) is 0 Å². The third kappa shape index (κ3) is 1.15. The fourth-order valence-corrected chi connectivity index (χ4v) is 1.30. The van der Waals surface area contributed by atoms with Gasteiger partial charge < -0.3 is 5.73 Å². The second kappa shape index (κ2) is 2.78. The summed E-state index contributed by atoms with van der Waals surface area (Å²) in [5, 5.41) is 9.87. The molecule has 1 aromatic rings. The minimum absolute atomic E-state index is 0.308. The van der Waals surface area contributed by atoms with Gasteiger partial charge in [-0.05, 0) is 11.4 Å². The first-order valence-electron chi connectivity index (χ1n) is 2.64. The van der Waals surface area contributed by atoms with Crippen LogP contribution in [0.3, 0.4) is 0 Å². The van der Waals surface area contributed by atoms with Crippen LogP contribution in [-0.4, -0.2) is 0 Å². The second-order valence-corrected chi connectivity index (χ2v) is 2.69. The monoisotopic (exact) mass is 156 g/mol. The summed E-state index contributed by atoms with van der Waals surface area (Å²) in [5.41, 5.74) is 5.25. The van der Waals surface area contributed by atoms with E-state index in [1.807, 2.05) is 0 Å². The molecule has 1 atom stereocenters. The minimum Gasteiger partial charge on any atom is -0.311 e. The largest absolute Gasteiger partial charge is 0.311 e. The van der Waals surface area contributed by atoms with E-state index in [-0.39, 0.29) is 5.82 Å². The second-order valence-electron chi connectivity index (χ2n) is 1.74. The summed E-state index contributed by atoms with van der Waals surface area (Å²) in [6.45, 7) is 0. The third-order valence-corrected chi connectivity index (χ3v) is 2.04. The molecule has 1 rings (SSSR count). The van der Waals surface area contributed by atoms with E-state index < -0.39 is 6.04 Å². The van der Waals surface area contributed by atoms with Gasteiger partial charge in [0.2, 0.25) is 0 Å². The van der Waals surface area contributed by atoms with Crippen LogP contribution in [0.5, 0.6) is 0 Å². The molecule has 0 saturated heterocycles. The summed E-state index contributed by atoms with van der Waals surface area (Å²) in [6.07, 6.45) is 0. The van der Waals surface area contributed by atoms with Crippen LogP contribution in [0.2, 0.25) is 0 Å². The van der Waals surface area contributed by atoms with Crippen molar-refractivity contribution in [2.24, 2.45) is 5.73 Å². The molecule has 2 N–H and O–H groups in total. The summed E-state index contributed by atoms with van der Waals surface area (Å²) in [5.74, 6) is -0.390. The smallest absolute Gasteiger partial charge is 0.139 e. The van der Waals surface area contributed by atoms with Gasteiger partial charge in [-0.1, -0.05) is 0 Å². The van der Waals surface area contributed by atoms with E-state index >= 15 is 0 Å². The molecule has 1 unspecified atom stereocenters. The van der Waals surface area contributed by atoms with Crippen LogP contribution in [0.4, 0.5) is 4.39 Å². The number of nitrogens with two attached hydrogens (primary N) is 1. The Balaban J connectivity index is 2.96. The maximum absolute atomic E-state index is 12.6. The number of rotatable bonds is 1. The summed E-state index contributed by atoms with van der Waals surface area (Å²) >= 11 is 1.16. The predicted octanol–water partition coefficient (Wildman–Crippen LogP) is 1.41. The molecule has 0 bridgehead atoms. The van der Waals surface area contributed by atoms with E-state index in [0.717, 1.165) is 11.3 Å². The quantitative estimate of drug-likeness (QED) is 0.668. The molecule has 0 radical (unpaired) electrons. The Morgan fingerprint density at radius 1 is 1.80 bits per heavy atom. The summed E-state index contributed by atoms with van der Waals surface area (Å²) in [6, 6.07) is 2.24. The zero-order valence-electron chi connectivity index (χ0n) is 5.04. The van der Waals surface area contributed by atoms with Gasteiger partial charge in [-0.2, -0.15) is 5.26 Å². The molecule has 4 heteroatoms. The standard InChI is InChI=1S/C6H5FN2S/c7-4-1-2-10-6(4)5(9)3-8/h1-2,5H,9H2. The van der Waals surface area contributed by atoms with Crippen molar-refractivity contribution in [3.63, 3.8) is 0 Å². The van der Waals surface area contributed by atoms with Gasteiger partial charge in [0.05, 0.1) is 10.9 Å². The van der Waals surface area contributed by atoms with Crippen LogP contribution in [0, 0.1) is 17.1 Å². The van der Waals surface area contributed by atoms with E-state index in [4.69, 9.17) is 11.0 Å². The lowest BCUT2D eigenvalue weighted by Gasteiger charge is -1.95. The van der Waals surface area contributed by atoms with Crippen molar-refractivity contribution in [1.82, 2.24) is 0 Å².